The van der Waals surface area contributed by atoms with Crippen molar-refractivity contribution < 1.29 is 14.3 Å². The molecule has 7 nitrogen and oxygen atoms in total. The lowest BCUT2D eigenvalue weighted by atomic mass is 10.2. The first-order valence-corrected chi connectivity index (χ1v) is 14.0. The topological polar surface area (TPSA) is 86.1 Å². The fourth-order valence-electron chi connectivity index (χ4n) is 3.43. The number of hydrogen-bond donors (Lipinski definition) is 1. The SMILES string of the molecule is CCCCOC(=O)c1cccc(NC(=O)CSc2nnc(CSc3ccccc3)n2-c2ccccc2)c1. The van der Waals surface area contributed by atoms with Crippen molar-refractivity contribution in [1.82, 2.24) is 14.8 Å². The molecule has 0 radical (unpaired) electrons. The average Bonchev–Trinajstić information content (AvgIpc) is 3.35. The number of hydrogen-bond acceptors (Lipinski definition) is 7. The van der Waals surface area contributed by atoms with Gasteiger partial charge in [0.1, 0.15) is 5.82 Å². The number of thioether (sulfide) groups is 2. The maximum atomic E-state index is 12.7. The molecule has 0 atom stereocenters. The monoisotopic (exact) mass is 532 g/mol. The maximum Gasteiger partial charge on any atom is 0.338 e. The van der Waals surface area contributed by atoms with Crippen LogP contribution in [0.15, 0.2) is 95.0 Å². The third-order valence-corrected chi connectivity index (χ3v) is 7.21. The van der Waals surface area contributed by atoms with Crippen LogP contribution < -0.4 is 5.32 Å². The Balaban J connectivity index is 1.41. The summed E-state index contributed by atoms with van der Waals surface area (Å²) >= 11 is 2.99. The van der Waals surface area contributed by atoms with Gasteiger partial charge >= 0.3 is 5.97 Å². The molecular weight excluding hydrogens is 504 g/mol. The first-order chi connectivity index (χ1) is 18.1. The number of carbonyl (C=O) groups is 2. The average molecular weight is 533 g/mol. The summed E-state index contributed by atoms with van der Waals surface area (Å²) in [4.78, 5) is 26.1. The minimum Gasteiger partial charge on any atom is -0.462 e. The molecule has 3 aromatic carbocycles. The number of esters is 1. The Hall–Kier alpha value is -3.56. The van der Waals surface area contributed by atoms with Gasteiger partial charge in [0.2, 0.25) is 5.91 Å². The van der Waals surface area contributed by atoms with E-state index in [-0.39, 0.29) is 11.7 Å². The third-order valence-electron chi connectivity index (χ3n) is 5.27. The van der Waals surface area contributed by atoms with E-state index in [2.05, 4.69) is 27.6 Å². The van der Waals surface area contributed by atoms with E-state index in [1.807, 2.05) is 60.0 Å². The summed E-state index contributed by atoms with van der Waals surface area (Å²) < 4.78 is 7.25. The van der Waals surface area contributed by atoms with Crippen molar-refractivity contribution in [2.45, 2.75) is 35.6 Å². The van der Waals surface area contributed by atoms with Crippen LogP contribution >= 0.6 is 23.5 Å². The fraction of sp³-hybridized carbons (Fsp3) is 0.214. The second-order valence-electron chi connectivity index (χ2n) is 8.08. The minimum absolute atomic E-state index is 0.141. The number of rotatable bonds is 12. The van der Waals surface area contributed by atoms with E-state index < -0.39 is 5.97 Å². The van der Waals surface area contributed by atoms with Gasteiger partial charge in [-0.2, -0.15) is 0 Å². The van der Waals surface area contributed by atoms with Crippen LogP contribution in [0.25, 0.3) is 5.69 Å². The van der Waals surface area contributed by atoms with E-state index in [1.165, 1.54) is 11.8 Å². The number of nitrogens with one attached hydrogen (secondary N) is 1. The summed E-state index contributed by atoms with van der Waals surface area (Å²) in [6.07, 6.45) is 1.77. The molecule has 0 saturated heterocycles. The van der Waals surface area contributed by atoms with Crippen molar-refractivity contribution in [3.8, 4) is 5.69 Å². The Morgan fingerprint density at radius 2 is 1.68 bits per heavy atom. The summed E-state index contributed by atoms with van der Waals surface area (Å²) in [5.74, 6) is 0.985. The van der Waals surface area contributed by atoms with Gasteiger partial charge in [0, 0.05) is 16.3 Å². The number of benzene rings is 3. The zero-order valence-electron chi connectivity index (χ0n) is 20.5. The van der Waals surface area contributed by atoms with Crippen LogP contribution in [0, 0.1) is 0 Å². The Morgan fingerprint density at radius 1 is 0.919 bits per heavy atom. The molecule has 1 N–H and O–H groups in total. The summed E-state index contributed by atoms with van der Waals surface area (Å²) in [7, 11) is 0. The zero-order chi connectivity index (χ0) is 25.9. The first-order valence-electron chi connectivity index (χ1n) is 12.0. The van der Waals surface area contributed by atoms with Gasteiger partial charge in [-0.1, -0.05) is 67.6 Å². The van der Waals surface area contributed by atoms with Gasteiger partial charge in [-0.05, 0) is 48.9 Å². The highest BCUT2D eigenvalue weighted by atomic mass is 32.2. The van der Waals surface area contributed by atoms with Crippen LogP contribution in [0.2, 0.25) is 0 Å². The van der Waals surface area contributed by atoms with Gasteiger partial charge in [0.05, 0.1) is 23.7 Å². The molecule has 1 aromatic heterocycles. The number of ether oxygens (including phenoxy) is 1. The Labute approximate surface area is 225 Å². The number of aromatic nitrogens is 3. The van der Waals surface area contributed by atoms with E-state index in [0.717, 1.165) is 29.2 Å². The quantitative estimate of drug-likeness (QED) is 0.131. The van der Waals surface area contributed by atoms with Gasteiger partial charge in [-0.25, -0.2) is 4.79 Å². The number of carbonyl (C=O) groups excluding carboxylic acids is 2. The molecular formula is C28H28N4O3S2. The summed E-state index contributed by atoms with van der Waals surface area (Å²) in [5.41, 5.74) is 1.89. The Kier molecular flexibility index (Phi) is 9.79. The minimum atomic E-state index is -0.393. The van der Waals surface area contributed by atoms with Crippen LogP contribution in [0.4, 0.5) is 5.69 Å². The second-order valence-corrected chi connectivity index (χ2v) is 10.1. The largest absolute Gasteiger partial charge is 0.462 e. The van der Waals surface area contributed by atoms with Crippen LogP contribution in [-0.2, 0) is 15.3 Å². The lowest BCUT2D eigenvalue weighted by Gasteiger charge is -2.11. The Morgan fingerprint density at radius 3 is 2.43 bits per heavy atom. The molecule has 4 rings (SSSR count). The smallest absolute Gasteiger partial charge is 0.338 e. The van der Waals surface area contributed by atoms with Crippen LogP contribution in [0.3, 0.4) is 0 Å². The summed E-state index contributed by atoms with van der Waals surface area (Å²) in [5, 5.41) is 12.3. The van der Waals surface area contributed by atoms with Crippen molar-refractivity contribution in [3.63, 3.8) is 0 Å². The lowest BCUT2D eigenvalue weighted by Crippen LogP contribution is -2.15. The van der Waals surface area contributed by atoms with Gasteiger partial charge in [0.25, 0.3) is 0 Å². The third kappa shape index (κ3) is 7.71. The molecule has 37 heavy (non-hydrogen) atoms. The number of unbranched alkanes of at least 4 members (excludes halogenated alkanes) is 1. The Bertz CT molecular complexity index is 1310. The number of anilines is 1. The van der Waals surface area contributed by atoms with E-state index >= 15 is 0 Å². The number of para-hydroxylation sites is 1. The van der Waals surface area contributed by atoms with Crippen LogP contribution in [0.1, 0.15) is 35.9 Å². The van der Waals surface area contributed by atoms with Gasteiger partial charge in [-0.3, -0.25) is 9.36 Å². The normalized spacial score (nSPS) is 10.7. The molecule has 0 spiro atoms. The van der Waals surface area contributed by atoms with Crippen molar-refractivity contribution in [1.29, 1.82) is 0 Å². The van der Waals surface area contributed by atoms with Crippen molar-refractivity contribution in [2.24, 2.45) is 0 Å². The first kappa shape index (κ1) is 26.5. The van der Waals surface area contributed by atoms with Crippen molar-refractivity contribution in [2.75, 3.05) is 17.7 Å². The van der Waals surface area contributed by atoms with Crippen LogP contribution in [0.5, 0.6) is 0 Å². The molecule has 4 aromatic rings. The molecule has 1 heterocycles. The van der Waals surface area contributed by atoms with Crippen molar-refractivity contribution in [3.05, 3.63) is 96.3 Å². The highest BCUT2D eigenvalue weighted by Gasteiger charge is 2.17. The van der Waals surface area contributed by atoms with E-state index in [4.69, 9.17) is 4.74 Å². The second kappa shape index (κ2) is 13.7. The maximum absolute atomic E-state index is 12.7. The zero-order valence-corrected chi connectivity index (χ0v) is 22.1. The molecule has 0 aliphatic rings. The molecule has 0 saturated carbocycles. The van der Waals surface area contributed by atoms with E-state index in [0.29, 0.717) is 28.8 Å². The van der Waals surface area contributed by atoms with E-state index in [9.17, 15) is 9.59 Å². The van der Waals surface area contributed by atoms with Crippen molar-refractivity contribution >= 4 is 41.1 Å². The molecule has 0 aliphatic carbocycles. The van der Waals surface area contributed by atoms with E-state index in [1.54, 1.807) is 36.0 Å². The highest BCUT2D eigenvalue weighted by molar-refractivity contribution is 7.99. The van der Waals surface area contributed by atoms with Gasteiger partial charge in [0.15, 0.2) is 5.16 Å². The molecule has 0 fully saturated rings. The molecule has 0 bridgehead atoms. The summed E-state index contributed by atoms with van der Waals surface area (Å²) in [6.45, 7) is 2.42. The molecule has 190 valence electrons. The molecule has 9 heteroatoms. The standard InChI is InChI=1S/C28H28N4O3S2/c1-2-3-17-35-27(34)21-11-10-12-22(18-21)29-26(33)20-37-28-31-30-25(19-36-24-15-8-5-9-16-24)32(28)23-13-6-4-7-14-23/h4-16,18H,2-3,17,19-20H2,1H3,(H,29,33). The molecule has 1 amide bonds. The van der Waals surface area contributed by atoms with Gasteiger partial charge in [-0.15, -0.1) is 22.0 Å². The molecule has 0 aliphatic heterocycles. The summed E-state index contributed by atoms with van der Waals surface area (Å²) in [6, 6.07) is 26.8. The van der Waals surface area contributed by atoms with Crippen LogP contribution in [-0.4, -0.2) is 39.0 Å². The predicted molar refractivity (Wildman–Crippen MR) is 148 cm³/mol. The number of nitrogens with zero attached hydrogens (tertiary/aromatic N) is 3. The van der Waals surface area contributed by atoms with Gasteiger partial charge < -0.3 is 10.1 Å². The number of amides is 1. The predicted octanol–water partition coefficient (Wildman–Crippen LogP) is 6.25. The highest BCUT2D eigenvalue weighted by Crippen LogP contribution is 2.27. The fourth-order valence-corrected chi connectivity index (χ4v) is 5.03. The molecule has 0 unspecified atom stereocenters. The lowest BCUT2D eigenvalue weighted by molar-refractivity contribution is -0.113.